The second kappa shape index (κ2) is 2.71. The molecular weight excluding hydrogens is 150 g/mol. The van der Waals surface area contributed by atoms with Crippen LogP contribution in [0.4, 0.5) is 0 Å². The van der Waals surface area contributed by atoms with Crippen LogP contribution in [-0.4, -0.2) is 25.3 Å². The average molecular weight is 169 g/mol. The first-order valence-electron chi connectivity index (χ1n) is 4.93. The van der Waals surface area contributed by atoms with E-state index in [-0.39, 0.29) is 0 Å². The van der Waals surface area contributed by atoms with E-state index in [9.17, 15) is 0 Å². The molecule has 0 aliphatic carbocycles. The number of morpholine rings is 1. The summed E-state index contributed by atoms with van der Waals surface area (Å²) in [6.45, 7) is 9.08. The second-order valence-electron chi connectivity index (χ2n) is 5.16. The molecule has 0 amide bonds. The fraction of sp³-hybridized carbons (Fsp3) is 1.00. The third-order valence-corrected chi connectivity index (χ3v) is 3.16. The summed E-state index contributed by atoms with van der Waals surface area (Å²) in [5.41, 5.74) is 0.408. The van der Waals surface area contributed by atoms with Crippen LogP contribution in [0.1, 0.15) is 27.2 Å². The fourth-order valence-electron chi connectivity index (χ4n) is 2.45. The van der Waals surface area contributed by atoms with E-state index in [0.29, 0.717) is 17.6 Å². The Labute approximate surface area is 74.7 Å². The Bertz CT molecular complexity index is 173. The van der Waals surface area contributed by atoms with Crippen LogP contribution in [0.5, 0.6) is 0 Å². The molecule has 0 aromatic heterocycles. The van der Waals surface area contributed by atoms with Gasteiger partial charge in [-0.25, -0.2) is 0 Å². The molecule has 12 heavy (non-hydrogen) atoms. The van der Waals surface area contributed by atoms with Gasteiger partial charge in [0.2, 0.25) is 0 Å². The molecule has 0 aromatic carbocycles. The van der Waals surface area contributed by atoms with Crippen molar-refractivity contribution in [1.82, 2.24) is 5.32 Å². The van der Waals surface area contributed by atoms with Crippen LogP contribution < -0.4 is 5.32 Å². The van der Waals surface area contributed by atoms with Crippen LogP contribution in [0.2, 0.25) is 0 Å². The molecule has 3 unspecified atom stereocenters. The molecule has 0 radical (unpaired) electrons. The molecule has 2 bridgehead atoms. The Balaban J connectivity index is 2.09. The minimum atomic E-state index is 0.408. The predicted octanol–water partition coefficient (Wildman–Crippen LogP) is 1.41. The van der Waals surface area contributed by atoms with Gasteiger partial charge < -0.3 is 10.1 Å². The van der Waals surface area contributed by atoms with Gasteiger partial charge in [0.25, 0.3) is 0 Å². The summed E-state index contributed by atoms with van der Waals surface area (Å²) >= 11 is 0. The molecule has 1 N–H and O–H groups in total. The Kier molecular flexibility index (Phi) is 1.92. The van der Waals surface area contributed by atoms with Crippen LogP contribution in [-0.2, 0) is 4.74 Å². The Hall–Kier alpha value is -0.0800. The minimum Gasteiger partial charge on any atom is -0.372 e. The smallest absolute Gasteiger partial charge is 0.0737 e. The van der Waals surface area contributed by atoms with Crippen LogP contribution in [0.15, 0.2) is 0 Å². The van der Waals surface area contributed by atoms with Gasteiger partial charge in [-0.1, -0.05) is 20.8 Å². The van der Waals surface area contributed by atoms with Gasteiger partial charge >= 0.3 is 0 Å². The van der Waals surface area contributed by atoms with E-state index >= 15 is 0 Å². The molecule has 2 heteroatoms. The van der Waals surface area contributed by atoms with Crippen LogP contribution >= 0.6 is 0 Å². The van der Waals surface area contributed by atoms with Crippen molar-refractivity contribution in [2.45, 2.75) is 39.4 Å². The van der Waals surface area contributed by atoms with Crippen molar-refractivity contribution in [1.29, 1.82) is 0 Å². The van der Waals surface area contributed by atoms with E-state index in [4.69, 9.17) is 4.74 Å². The van der Waals surface area contributed by atoms with Gasteiger partial charge in [-0.15, -0.1) is 0 Å². The van der Waals surface area contributed by atoms with Crippen LogP contribution in [0, 0.1) is 11.3 Å². The summed E-state index contributed by atoms with van der Waals surface area (Å²) < 4.78 is 5.87. The molecule has 2 rings (SSSR count). The highest BCUT2D eigenvalue weighted by Gasteiger charge is 2.43. The topological polar surface area (TPSA) is 21.3 Å². The summed E-state index contributed by atoms with van der Waals surface area (Å²) in [7, 11) is 0. The monoisotopic (exact) mass is 169 g/mol. The van der Waals surface area contributed by atoms with E-state index in [1.165, 1.54) is 6.42 Å². The Morgan fingerprint density at radius 1 is 1.25 bits per heavy atom. The second-order valence-corrected chi connectivity index (χ2v) is 5.16. The highest BCUT2D eigenvalue weighted by atomic mass is 16.5. The lowest BCUT2D eigenvalue weighted by Crippen LogP contribution is -2.41. The first kappa shape index (κ1) is 8.52. The zero-order chi connectivity index (χ0) is 8.77. The first-order chi connectivity index (χ1) is 5.57. The highest BCUT2D eigenvalue weighted by molar-refractivity contribution is 4.94. The van der Waals surface area contributed by atoms with Crippen molar-refractivity contribution in [3.8, 4) is 0 Å². The van der Waals surface area contributed by atoms with Crippen molar-refractivity contribution in [3.05, 3.63) is 0 Å². The molecule has 2 heterocycles. The summed E-state index contributed by atoms with van der Waals surface area (Å²) in [5.74, 6) is 0.748. The highest BCUT2D eigenvalue weighted by Crippen LogP contribution is 2.40. The summed E-state index contributed by atoms with van der Waals surface area (Å²) in [6.07, 6.45) is 2.22. The Morgan fingerprint density at radius 2 is 2.00 bits per heavy atom. The Morgan fingerprint density at radius 3 is 2.58 bits per heavy atom. The maximum atomic E-state index is 5.87. The molecule has 3 atom stereocenters. The van der Waals surface area contributed by atoms with Gasteiger partial charge in [0.05, 0.1) is 12.2 Å². The largest absolute Gasteiger partial charge is 0.372 e. The molecule has 0 saturated carbocycles. The molecule has 0 aromatic rings. The molecule has 0 spiro atoms. The quantitative estimate of drug-likeness (QED) is 0.592. The van der Waals surface area contributed by atoms with Gasteiger partial charge in [-0.05, 0) is 17.8 Å². The standard InChI is InChI=1S/C10H19NO/c1-10(2,3)8-4-7-5-11-6-9(8)12-7/h7-9,11H,4-6H2,1-3H3. The number of fused-ring (bicyclic) bond motifs is 2. The lowest BCUT2D eigenvalue weighted by Gasteiger charge is -2.31. The summed E-state index contributed by atoms with van der Waals surface area (Å²) in [5, 5.41) is 3.42. The predicted molar refractivity (Wildman–Crippen MR) is 49.1 cm³/mol. The summed E-state index contributed by atoms with van der Waals surface area (Å²) in [6, 6.07) is 0. The average Bonchev–Trinajstić information content (AvgIpc) is 2.25. The molecule has 2 nitrogen and oxygen atoms in total. The third-order valence-electron chi connectivity index (χ3n) is 3.16. The van der Waals surface area contributed by atoms with Crippen molar-refractivity contribution >= 4 is 0 Å². The summed E-state index contributed by atoms with van der Waals surface area (Å²) in [4.78, 5) is 0. The molecule has 2 aliphatic heterocycles. The van der Waals surface area contributed by atoms with Gasteiger partial charge in [0.15, 0.2) is 0 Å². The maximum Gasteiger partial charge on any atom is 0.0737 e. The molecular formula is C10H19NO. The number of ether oxygens (including phenoxy) is 1. The van der Waals surface area contributed by atoms with Crippen molar-refractivity contribution in [3.63, 3.8) is 0 Å². The van der Waals surface area contributed by atoms with Crippen molar-refractivity contribution in [2.75, 3.05) is 13.1 Å². The van der Waals surface area contributed by atoms with E-state index in [2.05, 4.69) is 26.1 Å². The normalized spacial score (nSPS) is 41.8. The molecule has 70 valence electrons. The zero-order valence-electron chi connectivity index (χ0n) is 8.26. The lowest BCUT2D eigenvalue weighted by molar-refractivity contribution is -0.00468. The fourth-order valence-corrected chi connectivity index (χ4v) is 2.45. The number of nitrogens with one attached hydrogen (secondary N) is 1. The number of hydrogen-bond donors (Lipinski definition) is 1. The van der Waals surface area contributed by atoms with E-state index in [1.54, 1.807) is 0 Å². The third kappa shape index (κ3) is 1.38. The molecule has 2 fully saturated rings. The number of hydrogen-bond acceptors (Lipinski definition) is 2. The van der Waals surface area contributed by atoms with Gasteiger partial charge in [0, 0.05) is 13.1 Å². The first-order valence-corrected chi connectivity index (χ1v) is 4.93. The van der Waals surface area contributed by atoms with E-state index < -0.39 is 0 Å². The van der Waals surface area contributed by atoms with E-state index in [1.807, 2.05) is 0 Å². The van der Waals surface area contributed by atoms with Gasteiger partial charge in [0.1, 0.15) is 0 Å². The van der Waals surface area contributed by atoms with Crippen molar-refractivity contribution in [2.24, 2.45) is 11.3 Å². The van der Waals surface area contributed by atoms with Crippen molar-refractivity contribution < 1.29 is 4.74 Å². The van der Waals surface area contributed by atoms with Gasteiger partial charge in [-0.2, -0.15) is 0 Å². The zero-order valence-corrected chi connectivity index (χ0v) is 8.26. The van der Waals surface area contributed by atoms with Gasteiger partial charge in [-0.3, -0.25) is 0 Å². The number of rotatable bonds is 0. The molecule has 2 saturated heterocycles. The minimum absolute atomic E-state index is 0.408. The van der Waals surface area contributed by atoms with Crippen LogP contribution in [0.25, 0.3) is 0 Å². The molecule has 2 aliphatic rings. The maximum absolute atomic E-state index is 5.87. The van der Waals surface area contributed by atoms with Crippen LogP contribution in [0.3, 0.4) is 0 Å². The SMILES string of the molecule is CC(C)(C)C1CC2CNCC1O2. The van der Waals surface area contributed by atoms with E-state index in [0.717, 1.165) is 19.0 Å². The lowest BCUT2D eigenvalue weighted by atomic mass is 9.76.